The Morgan fingerprint density at radius 1 is 1.00 bits per heavy atom. The van der Waals surface area contributed by atoms with Gasteiger partial charge in [0.15, 0.2) is 0 Å². The standard InChI is InChI=1S/C18H26N2O2/c1-15(2)18(22)20-12-6-11-19(13-14-20)17(21)10-9-16-7-4-3-5-8-16/h3-5,7-8,15H,6,9-14H2,1-2H3. The second kappa shape index (κ2) is 7.97. The van der Waals surface area contributed by atoms with Crippen LogP contribution in [-0.4, -0.2) is 47.8 Å². The summed E-state index contributed by atoms with van der Waals surface area (Å²) in [5.74, 6) is 0.418. The van der Waals surface area contributed by atoms with E-state index in [4.69, 9.17) is 0 Å². The van der Waals surface area contributed by atoms with Crippen LogP contribution in [0.3, 0.4) is 0 Å². The molecule has 0 aromatic heterocycles. The van der Waals surface area contributed by atoms with Crippen molar-refractivity contribution in [3.63, 3.8) is 0 Å². The Kier molecular flexibility index (Phi) is 5.99. The molecular weight excluding hydrogens is 276 g/mol. The Morgan fingerprint density at radius 3 is 2.32 bits per heavy atom. The van der Waals surface area contributed by atoms with E-state index >= 15 is 0 Å². The van der Waals surface area contributed by atoms with Crippen LogP contribution in [-0.2, 0) is 16.0 Å². The molecule has 2 amide bonds. The predicted molar refractivity (Wildman–Crippen MR) is 87.4 cm³/mol. The molecule has 1 fully saturated rings. The zero-order valence-corrected chi connectivity index (χ0v) is 13.6. The molecule has 1 saturated heterocycles. The van der Waals surface area contributed by atoms with Crippen LogP contribution in [0.15, 0.2) is 30.3 Å². The minimum atomic E-state index is 0.0281. The van der Waals surface area contributed by atoms with Gasteiger partial charge in [0.1, 0.15) is 0 Å². The summed E-state index contributed by atoms with van der Waals surface area (Å²) in [5.41, 5.74) is 1.20. The number of carbonyl (C=O) groups is 2. The molecule has 0 saturated carbocycles. The maximum absolute atomic E-state index is 12.4. The molecule has 22 heavy (non-hydrogen) atoms. The summed E-state index contributed by atoms with van der Waals surface area (Å²) >= 11 is 0. The van der Waals surface area contributed by atoms with Crippen molar-refractivity contribution in [3.05, 3.63) is 35.9 Å². The van der Waals surface area contributed by atoms with Crippen molar-refractivity contribution < 1.29 is 9.59 Å². The molecule has 1 aliphatic rings. The zero-order chi connectivity index (χ0) is 15.9. The van der Waals surface area contributed by atoms with Gasteiger partial charge in [-0.2, -0.15) is 0 Å². The largest absolute Gasteiger partial charge is 0.341 e. The highest BCUT2D eigenvalue weighted by Gasteiger charge is 2.23. The molecule has 4 heteroatoms. The lowest BCUT2D eigenvalue weighted by Crippen LogP contribution is -2.39. The van der Waals surface area contributed by atoms with Gasteiger partial charge in [-0.3, -0.25) is 9.59 Å². The lowest BCUT2D eigenvalue weighted by molar-refractivity contribution is -0.135. The molecule has 0 radical (unpaired) electrons. The first-order valence-corrected chi connectivity index (χ1v) is 8.18. The van der Waals surface area contributed by atoms with Crippen LogP contribution in [0, 0.1) is 5.92 Å². The maximum Gasteiger partial charge on any atom is 0.225 e. The molecular formula is C18H26N2O2. The molecule has 4 nitrogen and oxygen atoms in total. The smallest absolute Gasteiger partial charge is 0.225 e. The van der Waals surface area contributed by atoms with E-state index < -0.39 is 0 Å². The second-order valence-corrected chi connectivity index (χ2v) is 6.20. The average Bonchev–Trinajstić information content (AvgIpc) is 2.78. The van der Waals surface area contributed by atoms with Crippen LogP contribution in [0.4, 0.5) is 0 Å². The molecule has 1 aromatic rings. The topological polar surface area (TPSA) is 40.6 Å². The molecule has 1 heterocycles. The molecule has 0 aliphatic carbocycles. The lowest BCUT2D eigenvalue weighted by Gasteiger charge is -2.23. The van der Waals surface area contributed by atoms with Gasteiger partial charge in [0.2, 0.25) is 11.8 Å². The van der Waals surface area contributed by atoms with Gasteiger partial charge < -0.3 is 9.80 Å². The van der Waals surface area contributed by atoms with E-state index in [0.29, 0.717) is 19.5 Å². The van der Waals surface area contributed by atoms with Crippen LogP contribution in [0.2, 0.25) is 0 Å². The second-order valence-electron chi connectivity index (χ2n) is 6.20. The van der Waals surface area contributed by atoms with E-state index in [1.54, 1.807) is 0 Å². The van der Waals surface area contributed by atoms with E-state index in [2.05, 4.69) is 12.1 Å². The minimum absolute atomic E-state index is 0.0281. The van der Waals surface area contributed by atoms with Crippen molar-refractivity contribution in [1.29, 1.82) is 0 Å². The van der Waals surface area contributed by atoms with E-state index in [0.717, 1.165) is 25.9 Å². The minimum Gasteiger partial charge on any atom is -0.341 e. The number of nitrogens with zero attached hydrogens (tertiary/aromatic N) is 2. The Morgan fingerprint density at radius 2 is 1.64 bits per heavy atom. The van der Waals surface area contributed by atoms with Crippen molar-refractivity contribution in [2.75, 3.05) is 26.2 Å². The van der Waals surface area contributed by atoms with Gasteiger partial charge >= 0.3 is 0 Å². The van der Waals surface area contributed by atoms with E-state index in [-0.39, 0.29) is 17.7 Å². The van der Waals surface area contributed by atoms with Crippen LogP contribution in [0.5, 0.6) is 0 Å². The van der Waals surface area contributed by atoms with Gasteiger partial charge in [0.05, 0.1) is 0 Å². The number of carbonyl (C=O) groups excluding carboxylic acids is 2. The number of amides is 2. The summed E-state index contributed by atoms with van der Waals surface area (Å²) in [6, 6.07) is 10.1. The highest BCUT2D eigenvalue weighted by atomic mass is 16.2. The average molecular weight is 302 g/mol. The highest BCUT2D eigenvalue weighted by Crippen LogP contribution is 2.10. The summed E-state index contributed by atoms with van der Waals surface area (Å²) < 4.78 is 0. The quantitative estimate of drug-likeness (QED) is 0.856. The van der Waals surface area contributed by atoms with E-state index in [9.17, 15) is 9.59 Å². The number of hydrogen-bond acceptors (Lipinski definition) is 2. The molecule has 1 aromatic carbocycles. The van der Waals surface area contributed by atoms with Crippen LogP contribution in [0.25, 0.3) is 0 Å². The Hall–Kier alpha value is -1.84. The molecule has 0 atom stereocenters. The molecule has 0 N–H and O–H groups in total. The number of hydrogen-bond donors (Lipinski definition) is 0. The third kappa shape index (κ3) is 4.58. The third-order valence-electron chi connectivity index (χ3n) is 4.12. The fourth-order valence-corrected chi connectivity index (χ4v) is 2.81. The monoisotopic (exact) mass is 302 g/mol. The molecule has 120 valence electrons. The van der Waals surface area contributed by atoms with Gasteiger partial charge in [-0.25, -0.2) is 0 Å². The number of rotatable bonds is 4. The normalized spacial score (nSPS) is 15.8. The molecule has 0 unspecified atom stereocenters. The Bertz CT molecular complexity index is 499. The SMILES string of the molecule is CC(C)C(=O)N1CCCN(C(=O)CCc2ccccc2)CC1. The molecule has 0 bridgehead atoms. The zero-order valence-electron chi connectivity index (χ0n) is 13.6. The Balaban J connectivity index is 1.83. The highest BCUT2D eigenvalue weighted by molar-refractivity contribution is 5.79. The van der Waals surface area contributed by atoms with E-state index in [1.807, 2.05) is 41.8 Å². The van der Waals surface area contributed by atoms with Crippen molar-refractivity contribution in [2.24, 2.45) is 5.92 Å². The predicted octanol–water partition coefficient (Wildman–Crippen LogP) is 2.34. The fourth-order valence-electron chi connectivity index (χ4n) is 2.81. The lowest BCUT2D eigenvalue weighted by atomic mass is 10.1. The maximum atomic E-state index is 12.4. The van der Waals surface area contributed by atoms with Crippen LogP contribution < -0.4 is 0 Å². The number of aryl methyl sites for hydroxylation is 1. The van der Waals surface area contributed by atoms with Gasteiger partial charge in [-0.05, 0) is 18.4 Å². The summed E-state index contributed by atoms with van der Waals surface area (Å²) in [7, 11) is 0. The van der Waals surface area contributed by atoms with Gasteiger partial charge in [0, 0.05) is 38.5 Å². The molecule has 2 rings (SSSR count). The van der Waals surface area contributed by atoms with Gasteiger partial charge in [-0.1, -0.05) is 44.2 Å². The Labute approximate surface area is 133 Å². The summed E-state index contributed by atoms with van der Waals surface area (Å²) in [6.45, 7) is 6.70. The first-order valence-electron chi connectivity index (χ1n) is 8.18. The fraction of sp³-hybridized carbons (Fsp3) is 0.556. The van der Waals surface area contributed by atoms with Crippen molar-refractivity contribution >= 4 is 11.8 Å². The molecule has 0 spiro atoms. The first kappa shape index (κ1) is 16.5. The summed E-state index contributed by atoms with van der Waals surface area (Å²) in [5, 5.41) is 0. The third-order valence-corrected chi connectivity index (χ3v) is 4.12. The number of benzene rings is 1. The van der Waals surface area contributed by atoms with Gasteiger partial charge in [0.25, 0.3) is 0 Å². The van der Waals surface area contributed by atoms with Crippen LogP contribution >= 0.6 is 0 Å². The first-order chi connectivity index (χ1) is 10.6. The van der Waals surface area contributed by atoms with Crippen molar-refractivity contribution in [3.8, 4) is 0 Å². The van der Waals surface area contributed by atoms with E-state index in [1.165, 1.54) is 5.56 Å². The summed E-state index contributed by atoms with van der Waals surface area (Å²) in [4.78, 5) is 28.2. The summed E-state index contributed by atoms with van der Waals surface area (Å²) in [6.07, 6.45) is 2.20. The van der Waals surface area contributed by atoms with Crippen molar-refractivity contribution in [2.45, 2.75) is 33.1 Å². The van der Waals surface area contributed by atoms with Gasteiger partial charge in [-0.15, -0.1) is 0 Å². The molecule has 1 aliphatic heterocycles. The van der Waals surface area contributed by atoms with Crippen molar-refractivity contribution in [1.82, 2.24) is 9.80 Å². The van der Waals surface area contributed by atoms with Crippen LogP contribution in [0.1, 0.15) is 32.3 Å².